The Balaban J connectivity index is 2.19. The van der Waals surface area contributed by atoms with Gasteiger partial charge in [-0.3, -0.25) is 4.90 Å². The van der Waals surface area contributed by atoms with Crippen LogP contribution in [0.2, 0.25) is 0 Å². The molecular weight excluding hydrogens is 126 g/mol. The summed E-state index contributed by atoms with van der Waals surface area (Å²) in [7, 11) is 0. The molecule has 56 valence electrons. The number of hydrogen-bond donors (Lipinski definition) is 1. The maximum atomic E-state index is 9.47. The van der Waals surface area contributed by atoms with E-state index in [1.807, 2.05) is 0 Å². The zero-order chi connectivity index (χ0) is 7.14. The van der Waals surface area contributed by atoms with E-state index in [0.717, 1.165) is 25.9 Å². The normalized spacial score (nSPS) is 40.7. The lowest BCUT2D eigenvalue weighted by Crippen LogP contribution is -2.29. The van der Waals surface area contributed by atoms with Gasteiger partial charge in [-0.25, -0.2) is 0 Å². The van der Waals surface area contributed by atoms with Crippen molar-refractivity contribution >= 4 is 0 Å². The van der Waals surface area contributed by atoms with Crippen LogP contribution in [0.1, 0.15) is 12.8 Å². The van der Waals surface area contributed by atoms with E-state index in [0.29, 0.717) is 6.04 Å². The lowest BCUT2D eigenvalue weighted by atomic mass is 10.1. The first-order valence-electron chi connectivity index (χ1n) is 3.89. The van der Waals surface area contributed by atoms with Gasteiger partial charge in [0.2, 0.25) is 0 Å². The molecule has 2 saturated heterocycles. The van der Waals surface area contributed by atoms with E-state index in [1.165, 1.54) is 5.57 Å². The zero-order valence-electron chi connectivity index (χ0n) is 6.08. The van der Waals surface area contributed by atoms with E-state index in [2.05, 4.69) is 11.5 Å². The van der Waals surface area contributed by atoms with Gasteiger partial charge in [-0.05, 0) is 12.8 Å². The van der Waals surface area contributed by atoms with Gasteiger partial charge >= 0.3 is 0 Å². The topological polar surface area (TPSA) is 23.5 Å². The van der Waals surface area contributed by atoms with Crippen molar-refractivity contribution in [2.75, 3.05) is 13.1 Å². The van der Waals surface area contributed by atoms with Crippen LogP contribution in [-0.2, 0) is 0 Å². The van der Waals surface area contributed by atoms with Crippen LogP contribution in [-0.4, -0.2) is 35.2 Å². The van der Waals surface area contributed by atoms with Crippen LogP contribution in [0.5, 0.6) is 0 Å². The first-order valence-corrected chi connectivity index (χ1v) is 3.89. The molecule has 0 amide bonds. The van der Waals surface area contributed by atoms with E-state index in [9.17, 15) is 5.11 Å². The molecule has 2 heteroatoms. The third kappa shape index (κ3) is 0.724. The second-order valence-corrected chi connectivity index (χ2v) is 3.25. The Bertz CT molecular complexity index is 167. The Morgan fingerprint density at radius 1 is 1.50 bits per heavy atom. The molecule has 2 fully saturated rings. The van der Waals surface area contributed by atoms with Crippen LogP contribution < -0.4 is 0 Å². The Hall–Kier alpha value is -0.340. The molecule has 2 aliphatic rings. The molecule has 2 rings (SSSR count). The summed E-state index contributed by atoms with van der Waals surface area (Å²) in [4.78, 5) is 2.33. The second kappa shape index (κ2) is 2.07. The minimum Gasteiger partial charge on any atom is -0.391 e. The molecule has 10 heavy (non-hydrogen) atoms. The van der Waals surface area contributed by atoms with Gasteiger partial charge in [-0.1, -0.05) is 12.2 Å². The Labute approximate surface area is 61.1 Å². The smallest absolute Gasteiger partial charge is 0.0745 e. The van der Waals surface area contributed by atoms with Gasteiger partial charge in [0.25, 0.3) is 0 Å². The van der Waals surface area contributed by atoms with Crippen molar-refractivity contribution in [1.29, 1.82) is 0 Å². The van der Waals surface area contributed by atoms with E-state index in [-0.39, 0.29) is 6.10 Å². The van der Waals surface area contributed by atoms with E-state index >= 15 is 0 Å². The Morgan fingerprint density at radius 2 is 2.30 bits per heavy atom. The molecule has 2 aliphatic heterocycles. The summed E-state index contributed by atoms with van der Waals surface area (Å²) in [6.07, 6.45) is 1.89. The molecule has 0 saturated carbocycles. The molecule has 1 N–H and O–H groups in total. The molecule has 0 aromatic carbocycles. The largest absolute Gasteiger partial charge is 0.391 e. The summed E-state index contributed by atoms with van der Waals surface area (Å²) in [5, 5.41) is 9.47. The quantitative estimate of drug-likeness (QED) is 0.490. The van der Waals surface area contributed by atoms with Crippen LogP contribution >= 0.6 is 0 Å². The molecule has 2 nitrogen and oxygen atoms in total. The number of nitrogens with zero attached hydrogens (tertiary/aromatic N) is 1. The summed E-state index contributed by atoms with van der Waals surface area (Å²) in [6, 6.07) is 0.306. The maximum absolute atomic E-state index is 9.47. The van der Waals surface area contributed by atoms with Crippen LogP contribution in [0.3, 0.4) is 0 Å². The van der Waals surface area contributed by atoms with E-state index < -0.39 is 0 Å². The summed E-state index contributed by atoms with van der Waals surface area (Å²) >= 11 is 0. The minimum atomic E-state index is -0.130. The van der Waals surface area contributed by atoms with Crippen molar-refractivity contribution in [3.05, 3.63) is 12.2 Å². The standard InChI is InChI=1S/C8H13NO/c1-6-2-4-9-5-3-7(10)8(6)9/h7-8,10H,1-5H2/t7-,8-/m1/s1. The highest BCUT2D eigenvalue weighted by Crippen LogP contribution is 2.30. The van der Waals surface area contributed by atoms with Crippen molar-refractivity contribution < 1.29 is 5.11 Å². The summed E-state index contributed by atoms with van der Waals surface area (Å²) in [6.45, 7) is 6.12. The van der Waals surface area contributed by atoms with Gasteiger partial charge in [0, 0.05) is 13.1 Å². The first kappa shape index (κ1) is 6.38. The van der Waals surface area contributed by atoms with Crippen LogP contribution in [0, 0.1) is 0 Å². The number of aliphatic hydroxyl groups is 1. The lowest BCUT2D eigenvalue weighted by molar-refractivity contribution is 0.151. The molecular formula is C8H13NO. The van der Waals surface area contributed by atoms with Crippen molar-refractivity contribution in [2.45, 2.75) is 25.0 Å². The number of rotatable bonds is 0. The van der Waals surface area contributed by atoms with Crippen molar-refractivity contribution in [2.24, 2.45) is 0 Å². The fraction of sp³-hybridized carbons (Fsp3) is 0.750. The average molecular weight is 139 g/mol. The first-order chi connectivity index (χ1) is 4.79. The number of aliphatic hydroxyl groups excluding tert-OH is 1. The van der Waals surface area contributed by atoms with Gasteiger partial charge in [-0.2, -0.15) is 0 Å². The third-order valence-electron chi connectivity index (χ3n) is 2.61. The van der Waals surface area contributed by atoms with Crippen LogP contribution in [0.25, 0.3) is 0 Å². The molecule has 0 radical (unpaired) electrons. The highest BCUT2D eigenvalue weighted by atomic mass is 16.3. The molecule has 0 spiro atoms. The monoisotopic (exact) mass is 139 g/mol. The Morgan fingerprint density at radius 3 is 3.00 bits per heavy atom. The average Bonchev–Trinajstić information content (AvgIpc) is 2.40. The van der Waals surface area contributed by atoms with Gasteiger partial charge in [0.05, 0.1) is 12.1 Å². The predicted octanol–water partition coefficient (Wildman–Crippen LogP) is 0.382. The van der Waals surface area contributed by atoms with E-state index in [4.69, 9.17) is 0 Å². The zero-order valence-corrected chi connectivity index (χ0v) is 6.08. The van der Waals surface area contributed by atoms with Crippen LogP contribution in [0.4, 0.5) is 0 Å². The molecule has 2 atom stereocenters. The molecule has 0 aromatic heterocycles. The summed E-state index contributed by atoms with van der Waals surface area (Å²) in [5.74, 6) is 0. The fourth-order valence-corrected chi connectivity index (χ4v) is 2.05. The second-order valence-electron chi connectivity index (χ2n) is 3.25. The SMILES string of the molecule is C=C1CCN2CC[C@@H](O)[C@@H]12. The van der Waals surface area contributed by atoms with Crippen molar-refractivity contribution in [1.82, 2.24) is 4.90 Å². The van der Waals surface area contributed by atoms with Gasteiger partial charge < -0.3 is 5.11 Å². The number of hydrogen-bond acceptors (Lipinski definition) is 2. The van der Waals surface area contributed by atoms with Crippen LogP contribution in [0.15, 0.2) is 12.2 Å². The molecule has 0 bridgehead atoms. The lowest BCUT2D eigenvalue weighted by Gasteiger charge is -2.16. The van der Waals surface area contributed by atoms with Gasteiger partial charge in [0.1, 0.15) is 0 Å². The fourth-order valence-electron chi connectivity index (χ4n) is 2.05. The minimum absolute atomic E-state index is 0.130. The highest BCUT2D eigenvalue weighted by molar-refractivity contribution is 5.17. The molecule has 0 unspecified atom stereocenters. The molecule has 2 heterocycles. The summed E-state index contributed by atoms with van der Waals surface area (Å²) in [5.41, 5.74) is 1.23. The predicted molar refractivity (Wildman–Crippen MR) is 39.7 cm³/mol. The number of fused-ring (bicyclic) bond motifs is 1. The van der Waals surface area contributed by atoms with Crippen molar-refractivity contribution in [3.8, 4) is 0 Å². The maximum Gasteiger partial charge on any atom is 0.0745 e. The third-order valence-corrected chi connectivity index (χ3v) is 2.61. The van der Waals surface area contributed by atoms with Gasteiger partial charge in [-0.15, -0.1) is 0 Å². The van der Waals surface area contributed by atoms with Crippen molar-refractivity contribution in [3.63, 3.8) is 0 Å². The molecule has 0 aliphatic carbocycles. The highest BCUT2D eigenvalue weighted by Gasteiger charge is 2.38. The van der Waals surface area contributed by atoms with Gasteiger partial charge in [0.15, 0.2) is 0 Å². The van der Waals surface area contributed by atoms with E-state index in [1.54, 1.807) is 0 Å². The molecule has 0 aromatic rings. The Kier molecular flexibility index (Phi) is 1.32. The summed E-state index contributed by atoms with van der Waals surface area (Å²) < 4.78 is 0.